The number of hydrogen-bond acceptors (Lipinski definition) is 9. The van der Waals surface area contributed by atoms with Gasteiger partial charge in [-0.25, -0.2) is 0 Å². The van der Waals surface area contributed by atoms with Crippen LogP contribution in [0.5, 0.6) is 0 Å². The summed E-state index contributed by atoms with van der Waals surface area (Å²) in [6.45, 7) is 7.23. The molecular weight excluding hydrogens is 396 g/mol. The summed E-state index contributed by atoms with van der Waals surface area (Å²) in [7, 11) is 0. The van der Waals surface area contributed by atoms with Crippen LogP contribution < -0.4 is 0 Å². The largest absolute Gasteiger partial charge is 0.469 e. The summed E-state index contributed by atoms with van der Waals surface area (Å²) < 4.78 is 26.9. The third-order valence-electron chi connectivity index (χ3n) is 5.79. The van der Waals surface area contributed by atoms with E-state index in [1.165, 1.54) is 40.0 Å². The predicted octanol–water partition coefficient (Wildman–Crippen LogP) is 2.36. The van der Waals surface area contributed by atoms with E-state index in [2.05, 4.69) is 0 Å². The van der Waals surface area contributed by atoms with Gasteiger partial charge >= 0.3 is 23.9 Å². The van der Waals surface area contributed by atoms with Crippen molar-refractivity contribution >= 4 is 23.9 Å². The third kappa shape index (κ3) is 2.60. The highest BCUT2D eigenvalue weighted by atomic mass is 16.8. The zero-order chi connectivity index (χ0) is 22.1. The van der Waals surface area contributed by atoms with Gasteiger partial charge < -0.3 is 23.4 Å². The Kier molecular flexibility index (Phi) is 4.01. The Labute approximate surface area is 172 Å². The number of hydrogen-bond donors (Lipinski definition) is 0. The molecule has 2 saturated heterocycles. The molecule has 160 valence electrons. The van der Waals surface area contributed by atoms with Gasteiger partial charge in [-0.15, -0.1) is 0 Å². The topological polar surface area (TPSA) is 118 Å². The fraction of sp³-hybridized carbons (Fsp3) is 0.524. The lowest BCUT2D eigenvalue weighted by Crippen LogP contribution is -2.64. The standard InChI is InChI=1S/C21H22O9/c1-11-9-12(13-7-6-8-26-13)21(16(24)29-19(4,5)30-17(21)25)10-20(11)14(22)27-18(2,3)28-15(20)23/h6-9,12H,10H2,1-5H3. The lowest BCUT2D eigenvalue weighted by atomic mass is 9.56. The summed E-state index contributed by atoms with van der Waals surface area (Å²) >= 11 is 0. The molecule has 3 heterocycles. The van der Waals surface area contributed by atoms with E-state index < -0.39 is 58.6 Å². The van der Waals surface area contributed by atoms with Crippen LogP contribution in [0.25, 0.3) is 0 Å². The Morgan fingerprint density at radius 2 is 1.33 bits per heavy atom. The Hall–Kier alpha value is -3.10. The second kappa shape index (κ2) is 5.96. The van der Waals surface area contributed by atoms with Gasteiger partial charge in [0, 0.05) is 34.1 Å². The van der Waals surface area contributed by atoms with Gasteiger partial charge in [-0.1, -0.05) is 6.08 Å². The van der Waals surface area contributed by atoms with Crippen molar-refractivity contribution in [2.45, 2.75) is 58.5 Å². The first kappa shape index (κ1) is 20.2. The molecule has 0 N–H and O–H groups in total. The van der Waals surface area contributed by atoms with E-state index in [4.69, 9.17) is 23.4 Å². The molecule has 0 amide bonds. The maximum Gasteiger partial charge on any atom is 0.331 e. The highest BCUT2D eigenvalue weighted by molar-refractivity contribution is 6.10. The summed E-state index contributed by atoms with van der Waals surface area (Å²) in [5.41, 5.74) is -3.74. The van der Waals surface area contributed by atoms with E-state index in [1.807, 2.05) is 0 Å². The van der Waals surface area contributed by atoms with Crippen molar-refractivity contribution in [3.8, 4) is 0 Å². The van der Waals surface area contributed by atoms with Crippen LogP contribution in [0.4, 0.5) is 0 Å². The van der Waals surface area contributed by atoms with Crippen LogP contribution >= 0.6 is 0 Å². The fourth-order valence-corrected chi connectivity index (χ4v) is 4.32. The summed E-state index contributed by atoms with van der Waals surface area (Å²) in [5, 5.41) is 0. The fourth-order valence-electron chi connectivity index (χ4n) is 4.32. The quantitative estimate of drug-likeness (QED) is 0.385. The molecule has 30 heavy (non-hydrogen) atoms. The summed E-state index contributed by atoms with van der Waals surface area (Å²) in [6, 6.07) is 3.20. The Bertz CT molecular complexity index is 940. The number of ether oxygens (including phenoxy) is 4. The van der Waals surface area contributed by atoms with Crippen molar-refractivity contribution in [3.63, 3.8) is 0 Å². The first-order chi connectivity index (χ1) is 13.8. The highest BCUT2D eigenvalue weighted by Crippen LogP contribution is 2.58. The Balaban J connectivity index is 1.93. The van der Waals surface area contributed by atoms with E-state index in [0.29, 0.717) is 0 Å². The lowest BCUT2D eigenvalue weighted by Gasteiger charge is -2.50. The molecule has 9 heteroatoms. The van der Waals surface area contributed by atoms with E-state index in [1.54, 1.807) is 19.1 Å². The van der Waals surface area contributed by atoms with Crippen LogP contribution in [-0.2, 0) is 38.1 Å². The number of allylic oxidation sites excluding steroid dienone is 1. The van der Waals surface area contributed by atoms with Crippen LogP contribution in [0.1, 0.15) is 52.7 Å². The molecule has 2 fully saturated rings. The molecule has 3 aliphatic rings. The number of esters is 4. The molecule has 9 nitrogen and oxygen atoms in total. The maximum atomic E-state index is 13.3. The van der Waals surface area contributed by atoms with Crippen LogP contribution in [0.3, 0.4) is 0 Å². The van der Waals surface area contributed by atoms with Crippen molar-refractivity contribution < 1.29 is 42.5 Å². The minimum atomic E-state index is -2.04. The molecule has 1 aromatic rings. The van der Waals surface area contributed by atoms with Crippen molar-refractivity contribution in [1.82, 2.24) is 0 Å². The molecule has 0 aromatic carbocycles. The number of carbonyl (C=O) groups is 4. The first-order valence-electron chi connectivity index (χ1n) is 9.50. The van der Waals surface area contributed by atoms with Gasteiger partial charge in [0.1, 0.15) is 5.76 Å². The van der Waals surface area contributed by atoms with Crippen molar-refractivity contribution in [1.29, 1.82) is 0 Å². The summed E-state index contributed by atoms with van der Waals surface area (Å²) in [4.78, 5) is 52.7. The zero-order valence-corrected chi connectivity index (χ0v) is 17.3. The first-order valence-corrected chi connectivity index (χ1v) is 9.50. The number of carbonyl (C=O) groups excluding carboxylic acids is 4. The molecule has 1 atom stereocenters. The Morgan fingerprint density at radius 3 is 1.80 bits per heavy atom. The molecule has 2 spiro atoms. The number of rotatable bonds is 1. The molecule has 1 unspecified atom stereocenters. The van der Waals surface area contributed by atoms with Gasteiger partial charge in [0.15, 0.2) is 10.8 Å². The van der Waals surface area contributed by atoms with E-state index >= 15 is 0 Å². The molecule has 0 bridgehead atoms. The second-order valence-electron chi connectivity index (χ2n) is 8.75. The maximum absolute atomic E-state index is 13.3. The molecule has 0 saturated carbocycles. The van der Waals surface area contributed by atoms with E-state index in [-0.39, 0.29) is 11.3 Å². The van der Waals surface area contributed by atoms with Gasteiger partial charge in [0.25, 0.3) is 11.6 Å². The summed E-state index contributed by atoms with van der Waals surface area (Å²) in [6.07, 6.45) is 2.31. The van der Waals surface area contributed by atoms with Gasteiger partial charge in [0.05, 0.1) is 12.2 Å². The smallest absolute Gasteiger partial charge is 0.331 e. The number of cyclic esters (lactones) is 4. The predicted molar refractivity (Wildman–Crippen MR) is 97.2 cm³/mol. The zero-order valence-electron chi connectivity index (χ0n) is 17.3. The normalized spacial score (nSPS) is 28.3. The minimum absolute atomic E-state index is 0.283. The van der Waals surface area contributed by atoms with Gasteiger partial charge in [0.2, 0.25) is 0 Å². The molecule has 1 aromatic heterocycles. The third-order valence-corrected chi connectivity index (χ3v) is 5.79. The van der Waals surface area contributed by atoms with Crippen molar-refractivity contribution in [3.05, 3.63) is 35.8 Å². The van der Waals surface area contributed by atoms with Gasteiger partial charge in [-0.05, 0) is 24.6 Å². The average molecular weight is 418 g/mol. The van der Waals surface area contributed by atoms with E-state index in [0.717, 1.165) is 0 Å². The van der Waals surface area contributed by atoms with Gasteiger partial charge in [-0.2, -0.15) is 0 Å². The van der Waals surface area contributed by atoms with Crippen LogP contribution in [0.15, 0.2) is 34.5 Å². The molecular formula is C21H22O9. The van der Waals surface area contributed by atoms with E-state index in [9.17, 15) is 19.2 Å². The molecule has 0 radical (unpaired) electrons. The van der Waals surface area contributed by atoms with Crippen LogP contribution in [-0.4, -0.2) is 35.5 Å². The Morgan fingerprint density at radius 1 is 0.833 bits per heavy atom. The monoisotopic (exact) mass is 418 g/mol. The molecule has 2 aliphatic heterocycles. The van der Waals surface area contributed by atoms with Crippen LogP contribution in [0.2, 0.25) is 0 Å². The van der Waals surface area contributed by atoms with Gasteiger partial charge in [-0.3, -0.25) is 19.2 Å². The lowest BCUT2D eigenvalue weighted by molar-refractivity contribution is -0.262. The minimum Gasteiger partial charge on any atom is -0.469 e. The second-order valence-corrected chi connectivity index (χ2v) is 8.75. The number of furan rings is 1. The highest BCUT2D eigenvalue weighted by Gasteiger charge is 2.71. The average Bonchev–Trinajstić information content (AvgIpc) is 3.11. The van der Waals surface area contributed by atoms with Crippen molar-refractivity contribution in [2.24, 2.45) is 10.8 Å². The summed E-state index contributed by atoms with van der Waals surface area (Å²) in [5.74, 6) is -7.27. The SMILES string of the molecule is CC1=CC(c2ccco2)C2(CC13C(=O)OC(C)(C)OC3=O)C(=O)OC(C)(C)OC2=O. The van der Waals surface area contributed by atoms with Crippen LogP contribution in [0, 0.1) is 10.8 Å². The molecule has 1 aliphatic carbocycles. The molecule has 4 rings (SSSR count). The van der Waals surface area contributed by atoms with Crippen molar-refractivity contribution in [2.75, 3.05) is 0 Å².